The highest BCUT2D eigenvalue weighted by molar-refractivity contribution is 7.47. The molecule has 3 unspecified atom stereocenters. The van der Waals surface area contributed by atoms with Gasteiger partial charge in [0.25, 0.3) is 0 Å². The molecule has 0 heterocycles. The lowest BCUT2D eigenvalue weighted by Crippen LogP contribution is -2.30. The van der Waals surface area contributed by atoms with E-state index in [1.165, 1.54) is 103 Å². The van der Waals surface area contributed by atoms with Crippen molar-refractivity contribution in [2.45, 2.75) is 290 Å². The lowest BCUT2D eigenvalue weighted by molar-refractivity contribution is -0.161. The standard InChI is InChI=1S/C64H113O11P/c1-4-7-10-13-16-19-22-25-28-30-33-35-38-41-44-47-50-53-62(66)71-57-61(75-64(68)55-52-49-46-43-40-37-34-31-29-26-23-20-17-14-11-8-5-2)59-73-76(69,70)72-58-60(56-65)74-63(67)54-51-48-45-42-39-36-32-27-24-21-18-15-12-9-6-3/h9,12,16,18-19,21,25-29,32,60-61,65H,4-8,10-11,13-15,17,20,22-24,30-31,33-59H2,1-3H3,(H,69,70)/b12-9-,19-16-,21-18-,28-25-,29-26-,32-27-. The minimum absolute atomic E-state index is 0.156. The number of carbonyl (C=O) groups excluding carboxylic acids is 3. The van der Waals surface area contributed by atoms with Crippen LogP contribution in [0, 0.1) is 0 Å². The van der Waals surface area contributed by atoms with Gasteiger partial charge >= 0.3 is 25.7 Å². The molecule has 0 aromatic heterocycles. The number of unbranched alkanes of at least 4 members (excludes halogenated alkanes) is 28. The van der Waals surface area contributed by atoms with Crippen LogP contribution in [-0.2, 0) is 42.2 Å². The molecule has 0 fully saturated rings. The molecule has 11 nitrogen and oxygen atoms in total. The summed E-state index contributed by atoms with van der Waals surface area (Å²) in [5.41, 5.74) is 0. The molecule has 76 heavy (non-hydrogen) atoms. The summed E-state index contributed by atoms with van der Waals surface area (Å²) in [5, 5.41) is 9.83. The van der Waals surface area contributed by atoms with E-state index in [9.17, 15) is 28.9 Å². The number of carbonyl (C=O) groups is 3. The zero-order valence-corrected chi connectivity index (χ0v) is 49.6. The van der Waals surface area contributed by atoms with Crippen LogP contribution < -0.4 is 0 Å². The van der Waals surface area contributed by atoms with E-state index < -0.39 is 57.8 Å². The predicted molar refractivity (Wildman–Crippen MR) is 316 cm³/mol. The number of hydrogen-bond acceptors (Lipinski definition) is 10. The number of esters is 3. The number of rotatable bonds is 57. The summed E-state index contributed by atoms with van der Waals surface area (Å²) in [5.74, 6) is -1.49. The highest BCUT2D eigenvalue weighted by Gasteiger charge is 2.28. The van der Waals surface area contributed by atoms with Crippen LogP contribution in [0.4, 0.5) is 0 Å². The molecule has 0 aromatic carbocycles. The number of phosphoric acid groups is 1. The van der Waals surface area contributed by atoms with Crippen molar-refractivity contribution in [1.29, 1.82) is 0 Å². The van der Waals surface area contributed by atoms with E-state index >= 15 is 0 Å². The third kappa shape index (κ3) is 55.7. The van der Waals surface area contributed by atoms with Crippen molar-refractivity contribution in [3.8, 4) is 0 Å². The summed E-state index contributed by atoms with van der Waals surface area (Å²) in [7, 11) is -4.76. The molecule has 440 valence electrons. The summed E-state index contributed by atoms with van der Waals surface area (Å²) in [6.45, 7) is 4.50. The average molecular weight is 1090 g/mol. The van der Waals surface area contributed by atoms with Crippen LogP contribution in [0.5, 0.6) is 0 Å². The van der Waals surface area contributed by atoms with Crippen molar-refractivity contribution < 1.29 is 52.2 Å². The fourth-order valence-electron chi connectivity index (χ4n) is 8.40. The van der Waals surface area contributed by atoms with Gasteiger partial charge in [-0.3, -0.25) is 23.4 Å². The molecule has 0 radical (unpaired) electrons. The molecule has 0 aliphatic carbocycles. The Labute approximate surface area is 465 Å². The molecule has 3 atom stereocenters. The van der Waals surface area contributed by atoms with Gasteiger partial charge in [0, 0.05) is 19.3 Å². The molecule has 0 spiro atoms. The van der Waals surface area contributed by atoms with Gasteiger partial charge < -0.3 is 24.2 Å². The van der Waals surface area contributed by atoms with Crippen LogP contribution in [0.15, 0.2) is 72.9 Å². The highest BCUT2D eigenvalue weighted by atomic mass is 31.2. The van der Waals surface area contributed by atoms with E-state index in [4.69, 9.17) is 23.3 Å². The summed E-state index contributed by atoms with van der Waals surface area (Å²) >= 11 is 0. The number of hydrogen-bond donors (Lipinski definition) is 2. The monoisotopic (exact) mass is 1090 g/mol. The first-order chi connectivity index (χ1) is 37.2. The Balaban J connectivity index is 4.74. The fraction of sp³-hybridized carbons (Fsp3) is 0.766. The molecule has 0 aliphatic heterocycles. The lowest BCUT2D eigenvalue weighted by atomic mass is 10.1. The number of allylic oxidation sites excluding steroid dienone is 12. The van der Waals surface area contributed by atoms with Gasteiger partial charge in [0.1, 0.15) is 12.7 Å². The highest BCUT2D eigenvalue weighted by Crippen LogP contribution is 2.43. The number of aliphatic hydroxyl groups excluding tert-OH is 1. The molecule has 2 N–H and O–H groups in total. The quantitative estimate of drug-likeness (QED) is 0.0197. The maximum atomic E-state index is 12.9. The zero-order chi connectivity index (χ0) is 55.5. The lowest BCUT2D eigenvalue weighted by Gasteiger charge is -2.21. The van der Waals surface area contributed by atoms with Gasteiger partial charge in [-0.05, 0) is 109 Å². The Morgan fingerprint density at radius 2 is 0.684 bits per heavy atom. The van der Waals surface area contributed by atoms with Gasteiger partial charge in [0.2, 0.25) is 0 Å². The second-order valence-corrected chi connectivity index (χ2v) is 21.9. The molecular formula is C64H113O11P. The maximum absolute atomic E-state index is 12.9. The summed E-state index contributed by atoms with van der Waals surface area (Å²) in [4.78, 5) is 48.7. The van der Waals surface area contributed by atoms with E-state index in [-0.39, 0.29) is 25.9 Å². The molecule has 0 aliphatic rings. The Hall–Kier alpha value is -3.08. The van der Waals surface area contributed by atoms with Crippen molar-refractivity contribution in [2.75, 3.05) is 26.4 Å². The Morgan fingerprint density at radius 3 is 1.09 bits per heavy atom. The Bertz CT molecular complexity index is 1550. The molecule has 0 rings (SSSR count). The maximum Gasteiger partial charge on any atom is 0.472 e. The molecule has 12 heteroatoms. The third-order valence-corrected chi connectivity index (χ3v) is 14.0. The smallest absolute Gasteiger partial charge is 0.462 e. The van der Waals surface area contributed by atoms with Crippen molar-refractivity contribution in [1.82, 2.24) is 0 Å². The van der Waals surface area contributed by atoms with Crippen molar-refractivity contribution in [3.05, 3.63) is 72.9 Å². The Kier molecular flexibility index (Phi) is 55.7. The van der Waals surface area contributed by atoms with E-state index in [1.807, 2.05) is 0 Å². The van der Waals surface area contributed by atoms with Crippen LogP contribution >= 0.6 is 7.82 Å². The largest absolute Gasteiger partial charge is 0.472 e. The predicted octanol–water partition coefficient (Wildman–Crippen LogP) is 18.5. The second-order valence-electron chi connectivity index (χ2n) is 20.5. The van der Waals surface area contributed by atoms with Gasteiger partial charge in [-0.15, -0.1) is 0 Å². The molecular weight excluding hydrogens is 976 g/mol. The molecule has 0 saturated heterocycles. The molecule has 0 aromatic rings. The van der Waals surface area contributed by atoms with Crippen molar-refractivity contribution in [3.63, 3.8) is 0 Å². The number of ether oxygens (including phenoxy) is 3. The van der Waals surface area contributed by atoms with Crippen LogP contribution in [0.1, 0.15) is 278 Å². The topological polar surface area (TPSA) is 155 Å². The number of aliphatic hydroxyl groups is 1. The molecule has 0 amide bonds. The van der Waals surface area contributed by atoms with E-state index in [2.05, 4.69) is 93.7 Å². The van der Waals surface area contributed by atoms with Crippen molar-refractivity contribution >= 4 is 25.7 Å². The van der Waals surface area contributed by atoms with Crippen LogP contribution in [-0.4, -0.2) is 66.5 Å². The van der Waals surface area contributed by atoms with Gasteiger partial charge in [-0.2, -0.15) is 0 Å². The van der Waals surface area contributed by atoms with Crippen molar-refractivity contribution in [2.24, 2.45) is 0 Å². The van der Waals surface area contributed by atoms with Gasteiger partial charge in [-0.25, -0.2) is 4.57 Å². The van der Waals surface area contributed by atoms with E-state index in [0.717, 1.165) is 116 Å². The van der Waals surface area contributed by atoms with Crippen LogP contribution in [0.3, 0.4) is 0 Å². The third-order valence-electron chi connectivity index (χ3n) is 13.1. The first-order valence-corrected chi connectivity index (χ1v) is 32.3. The summed E-state index contributed by atoms with van der Waals surface area (Å²) < 4.78 is 39.6. The van der Waals surface area contributed by atoms with Crippen LogP contribution in [0.25, 0.3) is 0 Å². The van der Waals surface area contributed by atoms with E-state index in [1.54, 1.807) is 0 Å². The summed E-state index contributed by atoms with van der Waals surface area (Å²) in [6, 6.07) is 0. The fourth-order valence-corrected chi connectivity index (χ4v) is 9.18. The minimum atomic E-state index is -4.76. The molecule has 0 bridgehead atoms. The first kappa shape index (κ1) is 72.9. The zero-order valence-electron chi connectivity index (χ0n) is 48.7. The average Bonchev–Trinajstić information content (AvgIpc) is 3.41. The Morgan fingerprint density at radius 1 is 0.382 bits per heavy atom. The van der Waals surface area contributed by atoms with Crippen LogP contribution in [0.2, 0.25) is 0 Å². The van der Waals surface area contributed by atoms with Gasteiger partial charge in [0.05, 0.1) is 19.8 Å². The van der Waals surface area contributed by atoms with Gasteiger partial charge in [-0.1, -0.05) is 222 Å². The normalized spacial score (nSPS) is 13.8. The summed E-state index contributed by atoms with van der Waals surface area (Å²) in [6.07, 6.45) is 65.6. The van der Waals surface area contributed by atoms with E-state index in [0.29, 0.717) is 19.3 Å². The number of phosphoric ester groups is 1. The molecule has 0 saturated carbocycles. The minimum Gasteiger partial charge on any atom is -0.462 e. The SMILES string of the molecule is CC/C=C\C/C=C\C/C=C\CCCCCCCC(=O)OC(CO)COP(=O)(O)OCC(COC(=O)CCCCCCCCC/C=C\C/C=C\CCCCC)OC(=O)CCCCCCCCC/C=C\CCCCCCCC. The van der Waals surface area contributed by atoms with Gasteiger partial charge in [0.15, 0.2) is 6.10 Å². The first-order valence-electron chi connectivity index (χ1n) is 30.8. The second kappa shape index (κ2) is 58.1.